The third kappa shape index (κ3) is 5.08. The number of hydrogen-bond acceptors (Lipinski definition) is 5. The van der Waals surface area contributed by atoms with E-state index in [1.54, 1.807) is 0 Å². The van der Waals surface area contributed by atoms with Crippen LogP contribution in [0, 0.1) is 18.8 Å². The Morgan fingerprint density at radius 2 is 1.85 bits per heavy atom. The molecule has 0 spiro atoms. The molecule has 5 heteroatoms. The Bertz CT molecular complexity index is 832. The van der Waals surface area contributed by atoms with E-state index in [0.29, 0.717) is 11.4 Å². The Balaban J connectivity index is 1.48. The number of pyridine rings is 1. The predicted molar refractivity (Wildman–Crippen MR) is 107 cm³/mol. The summed E-state index contributed by atoms with van der Waals surface area (Å²) in [6.45, 7) is 6.97. The molecule has 2 heterocycles. The second kappa shape index (κ2) is 9.20. The number of methoxy groups -OCH3 is 1. The lowest BCUT2D eigenvalue weighted by molar-refractivity contribution is 0.0593. The highest BCUT2D eigenvalue weighted by atomic mass is 16.5. The number of piperazine rings is 1. The Hall–Kier alpha value is -2.84. The summed E-state index contributed by atoms with van der Waals surface area (Å²) in [5, 5.41) is 0. The molecule has 0 N–H and O–H groups in total. The zero-order valence-corrected chi connectivity index (χ0v) is 15.9. The minimum absolute atomic E-state index is 0.335. The Morgan fingerprint density at radius 1 is 1.11 bits per heavy atom. The van der Waals surface area contributed by atoms with Crippen molar-refractivity contribution in [3.63, 3.8) is 0 Å². The molecule has 0 radical (unpaired) electrons. The lowest BCUT2D eigenvalue weighted by Crippen LogP contribution is -2.46. The zero-order valence-electron chi connectivity index (χ0n) is 15.9. The first kappa shape index (κ1) is 18.9. The van der Waals surface area contributed by atoms with Crippen LogP contribution < -0.4 is 4.90 Å². The van der Waals surface area contributed by atoms with Crippen molar-refractivity contribution >= 4 is 11.7 Å². The van der Waals surface area contributed by atoms with Crippen LogP contribution in [-0.4, -0.2) is 55.7 Å². The highest BCUT2D eigenvalue weighted by molar-refractivity contribution is 5.88. The second-order valence-electron chi connectivity index (χ2n) is 6.57. The Kier molecular flexibility index (Phi) is 6.45. The second-order valence-corrected chi connectivity index (χ2v) is 6.57. The molecule has 5 nitrogen and oxygen atoms in total. The van der Waals surface area contributed by atoms with Crippen LogP contribution in [0.1, 0.15) is 28.2 Å². The quantitative estimate of drug-likeness (QED) is 0.617. The molecule has 0 bridgehead atoms. The summed E-state index contributed by atoms with van der Waals surface area (Å²) in [5.74, 6) is 5.81. The maximum atomic E-state index is 11.7. The first-order chi connectivity index (χ1) is 13.2. The van der Waals surface area contributed by atoms with Crippen molar-refractivity contribution in [3.8, 4) is 11.8 Å². The number of esters is 1. The Labute approximate surface area is 161 Å². The standard InChI is InChI=1S/C22H25N3O2/c1-18-11-12-19(23-21(18)22(26)27-2)8-6-7-13-24-14-16-25(17-15-24)20-9-4-3-5-10-20/h3-5,9-12H,7,13-17H2,1-2H3. The number of carbonyl (C=O) groups is 1. The van der Waals surface area contributed by atoms with Gasteiger partial charge < -0.3 is 9.64 Å². The van der Waals surface area contributed by atoms with Gasteiger partial charge in [0.05, 0.1) is 7.11 Å². The van der Waals surface area contributed by atoms with E-state index < -0.39 is 5.97 Å². The summed E-state index contributed by atoms with van der Waals surface area (Å²) in [7, 11) is 1.36. The van der Waals surface area contributed by atoms with Gasteiger partial charge in [0.15, 0.2) is 5.69 Å². The first-order valence-electron chi connectivity index (χ1n) is 9.24. The molecule has 2 aromatic rings. The molecule has 0 atom stereocenters. The fourth-order valence-electron chi connectivity index (χ4n) is 3.14. The number of hydrogen-bond donors (Lipinski definition) is 0. The average Bonchev–Trinajstić information content (AvgIpc) is 2.73. The number of ether oxygens (including phenoxy) is 1. The van der Waals surface area contributed by atoms with Gasteiger partial charge in [0, 0.05) is 44.8 Å². The molecular formula is C22H25N3O2. The highest BCUT2D eigenvalue weighted by Gasteiger charge is 2.16. The van der Waals surface area contributed by atoms with Crippen LogP contribution in [-0.2, 0) is 4.74 Å². The molecular weight excluding hydrogens is 338 g/mol. The summed E-state index contributed by atoms with van der Waals surface area (Å²) >= 11 is 0. The van der Waals surface area contributed by atoms with Gasteiger partial charge in [-0.25, -0.2) is 9.78 Å². The van der Waals surface area contributed by atoms with Gasteiger partial charge in [-0.1, -0.05) is 30.2 Å². The topological polar surface area (TPSA) is 45.7 Å². The van der Waals surface area contributed by atoms with Gasteiger partial charge in [-0.3, -0.25) is 4.90 Å². The maximum absolute atomic E-state index is 11.7. The monoisotopic (exact) mass is 363 g/mol. The summed E-state index contributed by atoms with van der Waals surface area (Å²) in [6.07, 6.45) is 0.786. The van der Waals surface area contributed by atoms with Gasteiger partial charge in [0.2, 0.25) is 0 Å². The number of benzene rings is 1. The van der Waals surface area contributed by atoms with Crippen molar-refractivity contribution < 1.29 is 9.53 Å². The third-order valence-corrected chi connectivity index (χ3v) is 4.74. The van der Waals surface area contributed by atoms with E-state index in [1.807, 2.05) is 19.1 Å². The summed E-state index contributed by atoms with van der Waals surface area (Å²) in [4.78, 5) is 20.9. The van der Waals surface area contributed by atoms with Crippen molar-refractivity contribution in [3.05, 3.63) is 59.4 Å². The van der Waals surface area contributed by atoms with Crippen molar-refractivity contribution in [2.45, 2.75) is 13.3 Å². The lowest BCUT2D eigenvalue weighted by atomic mass is 10.2. The number of aromatic nitrogens is 1. The molecule has 1 aliphatic rings. The predicted octanol–water partition coefficient (Wildman–Crippen LogP) is 2.74. The van der Waals surface area contributed by atoms with Gasteiger partial charge in [-0.15, -0.1) is 0 Å². The summed E-state index contributed by atoms with van der Waals surface area (Å²) < 4.78 is 4.76. The van der Waals surface area contributed by atoms with E-state index in [-0.39, 0.29) is 0 Å². The third-order valence-electron chi connectivity index (χ3n) is 4.74. The smallest absolute Gasteiger partial charge is 0.356 e. The molecule has 0 aliphatic carbocycles. The van der Waals surface area contributed by atoms with E-state index >= 15 is 0 Å². The largest absolute Gasteiger partial charge is 0.464 e. The van der Waals surface area contributed by atoms with Crippen LogP contribution in [0.15, 0.2) is 42.5 Å². The van der Waals surface area contributed by atoms with Crippen LogP contribution >= 0.6 is 0 Å². The molecule has 0 saturated carbocycles. The van der Waals surface area contributed by atoms with Gasteiger partial charge >= 0.3 is 5.97 Å². The number of anilines is 1. The average molecular weight is 363 g/mol. The lowest BCUT2D eigenvalue weighted by Gasteiger charge is -2.35. The molecule has 1 aliphatic heterocycles. The molecule has 0 unspecified atom stereocenters. The fourth-order valence-corrected chi connectivity index (χ4v) is 3.14. The van der Waals surface area contributed by atoms with E-state index in [2.05, 4.69) is 57.0 Å². The van der Waals surface area contributed by atoms with Crippen molar-refractivity contribution in [2.75, 3.05) is 44.7 Å². The molecule has 1 aromatic carbocycles. The Morgan fingerprint density at radius 3 is 2.56 bits per heavy atom. The number of rotatable bonds is 4. The zero-order chi connectivity index (χ0) is 19.1. The molecule has 1 saturated heterocycles. The maximum Gasteiger partial charge on any atom is 0.356 e. The highest BCUT2D eigenvalue weighted by Crippen LogP contribution is 2.15. The van der Waals surface area contributed by atoms with Gasteiger partial charge in [0.1, 0.15) is 5.69 Å². The molecule has 27 heavy (non-hydrogen) atoms. The van der Waals surface area contributed by atoms with Crippen LogP contribution in [0.2, 0.25) is 0 Å². The fraction of sp³-hybridized carbons (Fsp3) is 0.364. The molecule has 3 rings (SSSR count). The SMILES string of the molecule is COC(=O)c1nc(C#CCCN2CCN(c3ccccc3)CC2)ccc1C. The van der Waals surface area contributed by atoms with Crippen molar-refractivity contribution in [1.82, 2.24) is 9.88 Å². The van der Waals surface area contributed by atoms with Crippen LogP contribution in [0.25, 0.3) is 0 Å². The number of carbonyl (C=O) groups excluding carboxylic acids is 1. The summed E-state index contributed by atoms with van der Waals surface area (Å²) in [6, 6.07) is 14.2. The minimum atomic E-state index is -0.424. The first-order valence-corrected chi connectivity index (χ1v) is 9.24. The van der Waals surface area contributed by atoms with E-state index in [9.17, 15) is 4.79 Å². The minimum Gasteiger partial charge on any atom is -0.464 e. The molecule has 1 aromatic heterocycles. The van der Waals surface area contributed by atoms with Crippen LogP contribution in [0.3, 0.4) is 0 Å². The number of nitrogens with zero attached hydrogens (tertiary/aromatic N) is 3. The van der Waals surface area contributed by atoms with Crippen molar-refractivity contribution in [1.29, 1.82) is 0 Å². The van der Waals surface area contributed by atoms with E-state index in [0.717, 1.165) is 44.7 Å². The van der Waals surface area contributed by atoms with E-state index in [1.165, 1.54) is 12.8 Å². The van der Waals surface area contributed by atoms with E-state index in [4.69, 9.17) is 4.74 Å². The van der Waals surface area contributed by atoms with Crippen LogP contribution in [0.5, 0.6) is 0 Å². The van der Waals surface area contributed by atoms with Gasteiger partial charge in [0.25, 0.3) is 0 Å². The van der Waals surface area contributed by atoms with Crippen LogP contribution in [0.4, 0.5) is 5.69 Å². The number of para-hydroxylation sites is 1. The van der Waals surface area contributed by atoms with Crippen molar-refractivity contribution in [2.24, 2.45) is 0 Å². The normalized spacial score (nSPS) is 14.4. The van der Waals surface area contributed by atoms with Gasteiger partial charge in [-0.05, 0) is 36.6 Å². The van der Waals surface area contributed by atoms with Gasteiger partial charge in [-0.2, -0.15) is 0 Å². The molecule has 140 valence electrons. The number of aryl methyl sites for hydroxylation is 1. The molecule has 0 amide bonds. The molecule has 1 fully saturated rings. The summed E-state index contributed by atoms with van der Waals surface area (Å²) in [5.41, 5.74) is 3.03.